The van der Waals surface area contributed by atoms with Crippen LogP contribution in [0.25, 0.3) is 0 Å². The van der Waals surface area contributed by atoms with E-state index in [1.165, 1.54) is 141 Å². The van der Waals surface area contributed by atoms with Crippen molar-refractivity contribution in [2.24, 2.45) is 0 Å². The van der Waals surface area contributed by atoms with Gasteiger partial charge in [-0.3, -0.25) is 14.4 Å². The number of hydrogen-bond acceptors (Lipinski definition) is 6. The number of rotatable bonds is 61. The molecule has 0 aliphatic rings. The molecule has 462 valence electrons. The number of unbranched alkanes of at least 4 members (excludes halogenated alkanes) is 30. The van der Waals surface area contributed by atoms with Crippen LogP contribution >= 0.6 is 0 Å². The van der Waals surface area contributed by atoms with Crippen molar-refractivity contribution in [1.82, 2.24) is 0 Å². The fraction of sp³-hybridized carbons (Fsp3) is 0.693. The lowest BCUT2D eigenvalue weighted by atomic mass is 10.0. The smallest absolute Gasteiger partial charge is 0.306 e. The molecule has 0 aromatic carbocycles. The van der Waals surface area contributed by atoms with Crippen molar-refractivity contribution in [3.05, 3.63) is 122 Å². The lowest BCUT2D eigenvalue weighted by Gasteiger charge is -2.18. The average Bonchev–Trinajstić information content (AvgIpc) is 3.46. The van der Waals surface area contributed by atoms with Crippen molar-refractivity contribution in [3.8, 4) is 0 Å². The summed E-state index contributed by atoms with van der Waals surface area (Å²) in [5.74, 6) is -0.953. The van der Waals surface area contributed by atoms with Gasteiger partial charge in [0.05, 0.1) is 0 Å². The molecule has 0 N–H and O–H groups in total. The molecule has 0 bridgehead atoms. The molecule has 6 nitrogen and oxygen atoms in total. The highest BCUT2D eigenvalue weighted by Crippen LogP contribution is 2.16. The monoisotopic (exact) mass is 1120 g/mol. The molecule has 0 saturated heterocycles. The van der Waals surface area contributed by atoms with Gasteiger partial charge in [-0.15, -0.1) is 0 Å². The molecule has 0 heterocycles. The van der Waals surface area contributed by atoms with E-state index in [2.05, 4.69) is 142 Å². The van der Waals surface area contributed by atoms with E-state index in [-0.39, 0.29) is 37.5 Å². The van der Waals surface area contributed by atoms with E-state index in [4.69, 9.17) is 14.2 Å². The second-order valence-corrected chi connectivity index (χ2v) is 22.3. The Labute approximate surface area is 501 Å². The highest BCUT2D eigenvalue weighted by Gasteiger charge is 2.19. The standard InChI is InChI=1S/C75H126O6/c1-4-7-10-13-16-19-22-25-27-29-31-33-34-35-36-37-38-39-40-42-43-45-47-50-53-56-59-62-65-68-74(77)80-71-72(70-79-73(76)67-64-61-58-55-52-49-24-21-18-15-12-9-6-3)81-75(78)69-66-63-60-57-54-51-48-46-44-41-32-30-28-26-23-20-17-14-11-8-5-2/h8,11-12,15,17,20-22,24-26,28-29,31-32,41,46,48,54,57,72H,4-7,9-10,13-14,16,18-19,23,27,30,33-40,42-45,47,49-53,55-56,58-71H2,1-3H3/b11-8-,15-12-,20-17-,24-21-,25-22-,28-26-,31-29-,41-32-,48-46-,57-54-. The summed E-state index contributed by atoms with van der Waals surface area (Å²) in [5, 5.41) is 0. The van der Waals surface area contributed by atoms with E-state index in [9.17, 15) is 14.4 Å². The first-order valence-corrected chi connectivity index (χ1v) is 34.0. The third-order valence-corrected chi connectivity index (χ3v) is 14.4. The van der Waals surface area contributed by atoms with Gasteiger partial charge in [0, 0.05) is 19.3 Å². The first kappa shape index (κ1) is 76.8. The molecule has 0 spiro atoms. The molecule has 0 aliphatic carbocycles. The summed E-state index contributed by atoms with van der Waals surface area (Å²) in [6, 6.07) is 0. The van der Waals surface area contributed by atoms with E-state index in [1.807, 2.05) is 0 Å². The summed E-state index contributed by atoms with van der Waals surface area (Å²) in [5.41, 5.74) is 0. The summed E-state index contributed by atoms with van der Waals surface area (Å²) in [6.45, 7) is 6.42. The Hall–Kier alpha value is -4.19. The second kappa shape index (κ2) is 68.3. The van der Waals surface area contributed by atoms with Crippen LogP contribution in [0.15, 0.2) is 122 Å². The Kier molecular flexibility index (Phi) is 64.8. The summed E-state index contributed by atoms with van der Waals surface area (Å²) >= 11 is 0. The third kappa shape index (κ3) is 66.5. The van der Waals surface area contributed by atoms with Gasteiger partial charge in [0.2, 0.25) is 0 Å². The number of hydrogen-bond donors (Lipinski definition) is 0. The molecule has 0 aliphatic heterocycles. The Morgan fingerprint density at radius 1 is 0.259 bits per heavy atom. The number of allylic oxidation sites excluding steroid dienone is 20. The van der Waals surface area contributed by atoms with Gasteiger partial charge in [0.25, 0.3) is 0 Å². The van der Waals surface area contributed by atoms with Gasteiger partial charge in [-0.1, -0.05) is 290 Å². The molecule has 1 unspecified atom stereocenters. The molecule has 0 amide bonds. The van der Waals surface area contributed by atoms with Crippen molar-refractivity contribution in [2.75, 3.05) is 13.2 Å². The van der Waals surface area contributed by atoms with Crippen molar-refractivity contribution in [2.45, 2.75) is 322 Å². The van der Waals surface area contributed by atoms with Gasteiger partial charge in [-0.2, -0.15) is 0 Å². The van der Waals surface area contributed by atoms with Gasteiger partial charge in [-0.05, 0) is 128 Å². The van der Waals surface area contributed by atoms with Crippen LogP contribution in [0.5, 0.6) is 0 Å². The topological polar surface area (TPSA) is 78.9 Å². The SMILES string of the molecule is CC/C=C\C/C=C\C/C=C\C/C=C\C/C=C\C/C=C\CCCCC(=O)OC(COC(=O)CCCCCCC/C=C\C/C=C\CCC)COC(=O)CCCCCCCCCCCCCCCCCCC/C=C\C/C=C\CCCCCCC. The van der Waals surface area contributed by atoms with Crippen molar-refractivity contribution in [3.63, 3.8) is 0 Å². The molecule has 0 saturated carbocycles. The van der Waals surface area contributed by atoms with Crippen molar-refractivity contribution in [1.29, 1.82) is 0 Å². The Balaban J connectivity index is 4.32. The molecule has 0 fully saturated rings. The third-order valence-electron chi connectivity index (χ3n) is 14.4. The number of carbonyl (C=O) groups excluding carboxylic acids is 3. The maximum Gasteiger partial charge on any atom is 0.306 e. The van der Waals surface area contributed by atoms with Crippen LogP contribution in [0.3, 0.4) is 0 Å². The van der Waals surface area contributed by atoms with Gasteiger partial charge < -0.3 is 14.2 Å². The minimum atomic E-state index is -0.811. The molecule has 1 atom stereocenters. The zero-order valence-electron chi connectivity index (χ0n) is 53.0. The van der Waals surface area contributed by atoms with E-state index in [1.54, 1.807) is 0 Å². The highest BCUT2D eigenvalue weighted by molar-refractivity contribution is 5.71. The zero-order chi connectivity index (χ0) is 58.5. The first-order valence-electron chi connectivity index (χ1n) is 34.0. The zero-order valence-corrected chi connectivity index (χ0v) is 53.0. The van der Waals surface area contributed by atoms with Crippen LogP contribution in [0.4, 0.5) is 0 Å². The van der Waals surface area contributed by atoms with Gasteiger partial charge in [0.15, 0.2) is 6.10 Å². The lowest BCUT2D eigenvalue weighted by molar-refractivity contribution is -0.167. The predicted molar refractivity (Wildman–Crippen MR) is 353 cm³/mol. The van der Waals surface area contributed by atoms with Gasteiger partial charge in [0.1, 0.15) is 13.2 Å². The largest absolute Gasteiger partial charge is 0.462 e. The molecule has 81 heavy (non-hydrogen) atoms. The highest BCUT2D eigenvalue weighted by atomic mass is 16.6. The van der Waals surface area contributed by atoms with Crippen molar-refractivity contribution < 1.29 is 28.6 Å². The quantitative estimate of drug-likeness (QED) is 0.0261. The van der Waals surface area contributed by atoms with E-state index in [0.717, 1.165) is 128 Å². The van der Waals surface area contributed by atoms with Crippen LogP contribution in [-0.4, -0.2) is 37.2 Å². The molecule has 0 rings (SSSR count). The average molecular weight is 1120 g/mol. The maximum atomic E-state index is 12.9. The Bertz CT molecular complexity index is 1670. The Morgan fingerprint density at radius 3 is 0.827 bits per heavy atom. The second-order valence-electron chi connectivity index (χ2n) is 22.3. The van der Waals surface area contributed by atoms with Gasteiger partial charge in [-0.25, -0.2) is 0 Å². The summed E-state index contributed by atoms with van der Waals surface area (Å²) in [6.07, 6.45) is 95.1. The van der Waals surface area contributed by atoms with Crippen LogP contribution < -0.4 is 0 Å². The van der Waals surface area contributed by atoms with Crippen LogP contribution in [0, 0.1) is 0 Å². The Morgan fingerprint density at radius 2 is 0.506 bits per heavy atom. The minimum absolute atomic E-state index is 0.101. The molecule has 6 heteroatoms. The normalized spacial score (nSPS) is 12.9. The fourth-order valence-electron chi connectivity index (χ4n) is 9.34. The van der Waals surface area contributed by atoms with E-state index < -0.39 is 6.10 Å². The lowest BCUT2D eigenvalue weighted by Crippen LogP contribution is -2.30. The summed E-state index contributed by atoms with van der Waals surface area (Å²) < 4.78 is 16.9. The van der Waals surface area contributed by atoms with Crippen LogP contribution in [0.2, 0.25) is 0 Å². The van der Waals surface area contributed by atoms with E-state index in [0.29, 0.717) is 19.3 Å². The molecule has 0 aromatic rings. The van der Waals surface area contributed by atoms with Crippen LogP contribution in [0.1, 0.15) is 316 Å². The molecule has 0 aromatic heterocycles. The fourth-order valence-corrected chi connectivity index (χ4v) is 9.34. The van der Waals surface area contributed by atoms with E-state index >= 15 is 0 Å². The molecule has 0 radical (unpaired) electrons. The summed E-state index contributed by atoms with van der Waals surface area (Å²) in [7, 11) is 0. The van der Waals surface area contributed by atoms with Crippen molar-refractivity contribution >= 4 is 17.9 Å². The molecular weight excluding hydrogens is 997 g/mol. The molecular formula is C75H126O6. The number of ether oxygens (including phenoxy) is 3. The number of carbonyl (C=O) groups is 3. The minimum Gasteiger partial charge on any atom is -0.462 e. The van der Waals surface area contributed by atoms with Gasteiger partial charge >= 0.3 is 17.9 Å². The summed E-state index contributed by atoms with van der Waals surface area (Å²) in [4.78, 5) is 38.3. The predicted octanol–water partition coefficient (Wildman–Crippen LogP) is 23.6. The van der Waals surface area contributed by atoms with Crippen LogP contribution in [-0.2, 0) is 28.6 Å². The first-order chi connectivity index (χ1) is 40.0. The number of esters is 3. The maximum absolute atomic E-state index is 12.9.